The third-order valence-corrected chi connectivity index (χ3v) is 22.2. The van der Waals surface area contributed by atoms with Gasteiger partial charge < -0.3 is 34.0 Å². The quantitative estimate of drug-likeness (QED) is 0.193. The van der Waals surface area contributed by atoms with E-state index in [-0.39, 0.29) is 50.6 Å². The van der Waals surface area contributed by atoms with Gasteiger partial charge in [0, 0.05) is 0 Å². The van der Waals surface area contributed by atoms with Gasteiger partial charge in [0.1, 0.15) is 44.2 Å². The number of hydrogen-bond acceptors (Lipinski definition) is 2. The lowest BCUT2D eigenvalue weighted by Crippen LogP contribution is -3.00. The van der Waals surface area contributed by atoms with Gasteiger partial charge in [0.05, 0.1) is 17.0 Å². The predicted octanol–water partition coefficient (Wildman–Crippen LogP) is 3.58. The SMILES string of the molecule is CC1N(C(C)(C)C(C)(C)[P+](c2ccccc2)(c2ccccc2)c2ccccc2)N=C([P+](c2ccccc2)(c2ccccc2)c2ccccc2)C1(C)C.[Br-].[Br-]. The zero-order valence-corrected chi connectivity index (χ0v) is 37.4. The average Bonchev–Trinajstić information content (AvgIpc) is 3.43. The molecule has 1 aliphatic rings. The molecule has 2 nitrogen and oxygen atoms in total. The van der Waals surface area contributed by atoms with E-state index in [4.69, 9.17) is 5.10 Å². The van der Waals surface area contributed by atoms with Gasteiger partial charge in [0.25, 0.3) is 0 Å². The van der Waals surface area contributed by atoms with Crippen LogP contribution in [-0.2, 0) is 0 Å². The topological polar surface area (TPSA) is 15.6 Å². The third-order valence-electron chi connectivity index (χ3n) is 12.3. The van der Waals surface area contributed by atoms with E-state index in [2.05, 4.69) is 235 Å². The van der Waals surface area contributed by atoms with Crippen LogP contribution in [0.5, 0.6) is 0 Å². The van der Waals surface area contributed by atoms with E-state index in [1.807, 2.05) is 0 Å². The van der Waals surface area contributed by atoms with Gasteiger partial charge in [0.15, 0.2) is 12.7 Å². The number of hydrogen-bond donors (Lipinski definition) is 0. The molecule has 1 aliphatic heterocycles. The Labute approximate surface area is 346 Å². The zero-order chi connectivity index (χ0) is 36.6. The molecule has 0 radical (unpaired) electrons. The van der Waals surface area contributed by atoms with Crippen LogP contribution < -0.4 is 65.8 Å². The molecule has 6 aromatic rings. The van der Waals surface area contributed by atoms with Crippen molar-refractivity contribution >= 4 is 51.8 Å². The van der Waals surface area contributed by atoms with E-state index in [9.17, 15) is 0 Å². The molecule has 0 aliphatic carbocycles. The molecular formula is C48H52Br2N2P2. The van der Waals surface area contributed by atoms with Crippen LogP contribution in [0.15, 0.2) is 187 Å². The van der Waals surface area contributed by atoms with Crippen molar-refractivity contribution in [2.75, 3.05) is 0 Å². The maximum absolute atomic E-state index is 6.07. The van der Waals surface area contributed by atoms with Crippen LogP contribution in [0.2, 0.25) is 0 Å². The van der Waals surface area contributed by atoms with Gasteiger partial charge in [0.2, 0.25) is 0 Å². The first-order valence-electron chi connectivity index (χ1n) is 18.5. The van der Waals surface area contributed by atoms with Crippen molar-refractivity contribution in [3.05, 3.63) is 182 Å². The lowest BCUT2D eigenvalue weighted by molar-refractivity contribution is -0.00100. The summed E-state index contributed by atoms with van der Waals surface area (Å²) in [4.78, 5) is 0. The monoisotopic (exact) mass is 876 g/mol. The molecule has 0 spiro atoms. The minimum absolute atomic E-state index is 0. The molecule has 1 heterocycles. The van der Waals surface area contributed by atoms with Gasteiger partial charge in [-0.15, -0.1) is 5.10 Å². The molecule has 1 atom stereocenters. The van der Waals surface area contributed by atoms with E-state index in [0.29, 0.717) is 0 Å². The maximum atomic E-state index is 6.07. The molecule has 278 valence electrons. The molecule has 6 aromatic carbocycles. The van der Waals surface area contributed by atoms with Crippen molar-refractivity contribution in [1.29, 1.82) is 0 Å². The highest BCUT2D eigenvalue weighted by Crippen LogP contribution is 2.71. The summed E-state index contributed by atoms with van der Waals surface area (Å²) in [6.45, 7) is 17.3. The first-order valence-corrected chi connectivity index (χ1v) is 22.1. The number of rotatable bonds is 10. The molecule has 0 aromatic heterocycles. The molecule has 0 amide bonds. The molecule has 0 saturated heterocycles. The van der Waals surface area contributed by atoms with E-state index in [1.165, 1.54) is 37.3 Å². The fourth-order valence-corrected chi connectivity index (χ4v) is 19.1. The van der Waals surface area contributed by atoms with Gasteiger partial charge in [-0.25, -0.2) is 0 Å². The van der Waals surface area contributed by atoms with Gasteiger partial charge in [-0.1, -0.05) is 109 Å². The van der Waals surface area contributed by atoms with E-state index >= 15 is 0 Å². The summed E-state index contributed by atoms with van der Waals surface area (Å²) >= 11 is 0. The summed E-state index contributed by atoms with van der Waals surface area (Å²) in [5.41, 5.74) is 0.624. The van der Waals surface area contributed by atoms with E-state index < -0.39 is 20.1 Å². The summed E-state index contributed by atoms with van der Waals surface area (Å²) in [6, 6.07) is 67.7. The summed E-state index contributed by atoms with van der Waals surface area (Å²) in [6.07, 6.45) is 0. The molecule has 0 bridgehead atoms. The highest BCUT2D eigenvalue weighted by molar-refractivity contribution is 8.08. The highest BCUT2D eigenvalue weighted by atomic mass is 79.9. The van der Waals surface area contributed by atoms with Gasteiger partial charge in [-0.3, -0.25) is 5.01 Å². The Morgan fingerprint density at radius 3 is 1.00 bits per heavy atom. The summed E-state index contributed by atoms with van der Waals surface area (Å²) < 4.78 is 0. The van der Waals surface area contributed by atoms with E-state index in [0.717, 1.165) is 0 Å². The Morgan fingerprint density at radius 1 is 0.463 bits per heavy atom. The summed E-state index contributed by atoms with van der Waals surface area (Å²) in [5.74, 6) is 0. The average molecular weight is 879 g/mol. The van der Waals surface area contributed by atoms with Crippen LogP contribution in [0.4, 0.5) is 0 Å². The zero-order valence-electron chi connectivity index (χ0n) is 32.4. The second kappa shape index (κ2) is 16.4. The van der Waals surface area contributed by atoms with E-state index in [1.54, 1.807) is 0 Å². The first kappa shape index (κ1) is 41.8. The Balaban J connectivity index is 0.00000280. The van der Waals surface area contributed by atoms with Crippen LogP contribution in [0.3, 0.4) is 0 Å². The molecule has 6 heteroatoms. The normalized spacial score (nSPS) is 15.8. The third kappa shape index (κ3) is 6.46. The van der Waals surface area contributed by atoms with Crippen molar-refractivity contribution in [3.63, 3.8) is 0 Å². The largest absolute Gasteiger partial charge is 1.00 e. The number of hydrazone groups is 1. The van der Waals surface area contributed by atoms with Crippen molar-refractivity contribution in [3.8, 4) is 0 Å². The number of benzene rings is 6. The molecule has 0 fully saturated rings. The fraction of sp³-hybridized carbons (Fsp3) is 0.229. The lowest BCUT2D eigenvalue weighted by atomic mass is 9.82. The maximum Gasteiger partial charge on any atom is 0.200 e. The van der Waals surface area contributed by atoms with Crippen molar-refractivity contribution in [2.24, 2.45) is 10.5 Å². The molecule has 0 saturated carbocycles. The van der Waals surface area contributed by atoms with Crippen LogP contribution >= 0.6 is 14.5 Å². The van der Waals surface area contributed by atoms with Crippen molar-refractivity contribution in [2.45, 2.75) is 65.2 Å². The predicted molar refractivity (Wildman–Crippen MR) is 231 cm³/mol. The Kier molecular flexibility index (Phi) is 12.7. The smallest absolute Gasteiger partial charge is 0.200 e. The van der Waals surface area contributed by atoms with Crippen LogP contribution in [0, 0.1) is 5.41 Å². The standard InChI is InChI=1S/C48H52N2P2.2BrH/c1-38-46(2,3)45(51(39-26-14-8-15-27-39,40-28-16-9-17-29-40)41-30-18-10-19-31-41)49-50(38)47(4,5)48(6,7)52(42-32-20-11-21-33-42,43-34-22-12-23-35-43)44-36-24-13-25-37-44;;/h8-38H,1-7H3;2*1H/q+2;;/p-2. The molecule has 7 rings (SSSR count). The Hall–Kier alpha value is -3.39. The molecule has 0 N–H and O–H groups in total. The lowest BCUT2D eigenvalue weighted by Gasteiger charge is -2.53. The first-order chi connectivity index (χ1) is 25.0. The highest BCUT2D eigenvalue weighted by Gasteiger charge is 2.69. The van der Waals surface area contributed by atoms with Gasteiger partial charge in [-0.2, -0.15) is 0 Å². The van der Waals surface area contributed by atoms with Crippen molar-refractivity contribution < 1.29 is 34.0 Å². The number of nitrogens with zero attached hydrogens (tertiary/aromatic N) is 2. The molecular weight excluding hydrogens is 826 g/mol. The van der Waals surface area contributed by atoms with Crippen LogP contribution in [-0.4, -0.2) is 27.2 Å². The Morgan fingerprint density at radius 2 is 0.722 bits per heavy atom. The summed E-state index contributed by atoms with van der Waals surface area (Å²) in [7, 11) is -4.75. The summed E-state index contributed by atoms with van der Waals surface area (Å²) in [5, 5.41) is 16.5. The minimum Gasteiger partial charge on any atom is -1.00 e. The molecule has 54 heavy (non-hydrogen) atoms. The minimum atomic E-state index is -2.42. The van der Waals surface area contributed by atoms with Crippen LogP contribution in [0.1, 0.15) is 48.5 Å². The Bertz CT molecular complexity index is 1930. The second-order valence-electron chi connectivity index (χ2n) is 15.6. The second-order valence-corrected chi connectivity index (χ2v) is 23.0. The van der Waals surface area contributed by atoms with Gasteiger partial charge >= 0.3 is 0 Å². The van der Waals surface area contributed by atoms with Crippen molar-refractivity contribution in [1.82, 2.24) is 5.01 Å². The van der Waals surface area contributed by atoms with Crippen LogP contribution in [0.25, 0.3) is 0 Å². The molecule has 1 unspecified atom stereocenters. The fourth-order valence-electron chi connectivity index (χ4n) is 8.75. The number of halogens is 2. The van der Waals surface area contributed by atoms with Gasteiger partial charge in [-0.05, 0) is 121 Å².